The molecule has 0 unspecified atom stereocenters. The summed E-state index contributed by atoms with van der Waals surface area (Å²) < 4.78 is 0. The molecule has 0 spiro atoms. The first-order valence-electron chi connectivity index (χ1n) is 8.79. The molecule has 1 aromatic heterocycles. The number of nitrogens with two attached hydrogens (primary N) is 1. The van der Waals surface area contributed by atoms with Gasteiger partial charge in [-0.3, -0.25) is 14.4 Å². The topological polar surface area (TPSA) is 106 Å². The Hall–Kier alpha value is -3.29. The van der Waals surface area contributed by atoms with Crippen LogP contribution in [0.15, 0.2) is 60.9 Å². The van der Waals surface area contributed by atoms with Crippen molar-refractivity contribution in [1.82, 2.24) is 9.97 Å². The fourth-order valence-electron chi connectivity index (χ4n) is 2.77. The van der Waals surface area contributed by atoms with Crippen molar-refractivity contribution in [3.8, 4) is 0 Å². The van der Waals surface area contributed by atoms with Crippen LogP contribution in [0.5, 0.6) is 0 Å². The molecule has 3 aromatic rings. The molecule has 30 heavy (non-hydrogen) atoms. The Bertz CT molecular complexity index is 1110. The number of halogens is 2. The first kappa shape index (κ1) is 21.4. The van der Waals surface area contributed by atoms with E-state index in [9.17, 15) is 14.4 Å². The number of anilines is 1. The quantitative estimate of drug-likeness (QED) is 0.443. The third-order valence-electron chi connectivity index (χ3n) is 4.19. The number of Topliss-reactive ketones (excluding diaryl/α,β-unsaturated/α-hetero) is 1. The number of ketones is 1. The number of hydrogen-bond acceptors (Lipinski definition) is 5. The number of benzene rings is 2. The van der Waals surface area contributed by atoms with Gasteiger partial charge in [-0.1, -0.05) is 35.3 Å². The van der Waals surface area contributed by atoms with E-state index in [1.807, 2.05) is 0 Å². The van der Waals surface area contributed by atoms with Gasteiger partial charge >= 0.3 is 0 Å². The summed E-state index contributed by atoms with van der Waals surface area (Å²) in [5, 5.41) is 0.609. The second kappa shape index (κ2) is 9.47. The monoisotopic (exact) mass is 442 g/mol. The maximum Gasteiger partial charge on any atom is 0.250 e. The molecular formula is C21H16Cl2N4O3. The largest absolute Gasteiger partial charge is 0.366 e. The van der Waals surface area contributed by atoms with Crippen LogP contribution in [0.2, 0.25) is 10.0 Å². The molecule has 7 nitrogen and oxygen atoms in total. The summed E-state index contributed by atoms with van der Waals surface area (Å²) in [5.41, 5.74) is 6.57. The van der Waals surface area contributed by atoms with Crippen molar-refractivity contribution in [2.45, 2.75) is 13.0 Å². The Labute approximate surface area is 182 Å². The second-order valence-electron chi connectivity index (χ2n) is 6.31. The van der Waals surface area contributed by atoms with Gasteiger partial charge in [-0.25, -0.2) is 9.97 Å². The zero-order valence-electron chi connectivity index (χ0n) is 15.6. The first-order chi connectivity index (χ1) is 14.3. The van der Waals surface area contributed by atoms with Gasteiger partial charge in [0.05, 0.1) is 23.6 Å². The highest BCUT2D eigenvalue weighted by atomic mass is 35.5. The van der Waals surface area contributed by atoms with Crippen molar-refractivity contribution in [3.63, 3.8) is 0 Å². The predicted molar refractivity (Wildman–Crippen MR) is 114 cm³/mol. The summed E-state index contributed by atoms with van der Waals surface area (Å²) in [6.07, 6.45) is 2.41. The smallest absolute Gasteiger partial charge is 0.250 e. The van der Waals surface area contributed by atoms with E-state index in [1.165, 1.54) is 35.5 Å². The van der Waals surface area contributed by atoms with Crippen LogP contribution in [0.25, 0.3) is 0 Å². The lowest BCUT2D eigenvalue weighted by molar-refractivity contribution is -0.117. The molecule has 0 aliphatic carbocycles. The average Bonchev–Trinajstić information content (AvgIpc) is 2.72. The summed E-state index contributed by atoms with van der Waals surface area (Å²) in [5.74, 6) is -1.74. The molecule has 2 N–H and O–H groups in total. The van der Waals surface area contributed by atoms with Gasteiger partial charge < -0.3 is 10.6 Å². The number of carbonyl (C=O) groups excluding carboxylic acids is 3. The molecule has 9 heteroatoms. The zero-order valence-corrected chi connectivity index (χ0v) is 17.1. The van der Waals surface area contributed by atoms with Crippen molar-refractivity contribution in [2.75, 3.05) is 4.90 Å². The minimum Gasteiger partial charge on any atom is -0.366 e. The minimum absolute atomic E-state index is 0.0457. The summed E-state index contributed by atoms with van der Waals surface area (Å²) in [4.78, 5) is 46.1. The molecule has 2 amide bonds. The zero-order chi connectivity index (χ0) is 21.7. The van der Waals surface area contributed by atoms with E-state index in [1.54, 1.807) is 30.3 Å². The summed E-state index contributed by atoms with van der Waals surface area (Å²) in [7, 11) is 0. The normalized spacial score (nSPS) is 10.5. The average molecular weight is 443 g/mol. The number of hydrogen-bond donors (Lipinski definition) is 1. The molecular weight excluding hydrogens is 427 g/mol. The van der Waals surface area contributed by atoms with Crippen LogP contribution in [-0.2, 0) is 11.3 Å². The van der Waals surface area contributed by atoms with Crippen LogP contribution in [0.4, 0.5) is 5.69 Å². The molecule has 0 aliphatic rings. The second-order valence-corrected chi connectivity index (χ2v) is 7.15. The Morgan fingerprint density at radius 3 is 2.33 bits per heavy atom. The molecule has 0 fully saturated rings. The van der Waals surface area contributed by atoms with Crippen molar-refractivity contribution in [3.05, 3.63) is 87.9 Å². The molecule has 0 aliphatic heterocycles. The standard InChI is InChI=1S/C21H16Cl2N4O3/c22-14-4-1-3-13(9-14)12-27(15-5-6-16(20(24)30)17(23)10-15)19(29)11-18(28)21-25-7-2-8-26-21/h1-10H,11-12H2,(H2,24,30). The number of amides is 2. The van der Waals surface area contributed by atoms with Crippen LogP contribution in [-0.4, -0.2) is 27.6 Å². The van der Waals surface area contributed by atoms with Gasteiger partial charge in [0, 0.05) is 23.1 Å². The van der Waals surface area contributed by atoms with Gasteiger partial charge in [-0.05, 0) is 42.0 Å². The van der Waals surface area contributed by atoms with E-state index in [0.717, 1.165) is 5.56 Å². The van der Waals surface area contributed by atoms with E-state index in [-0.39, 0.29) is 23.0 Å². The molecule has 3 rings (SSSR count). The first-order valence-corrected chi connectivity index (χ1v) is 9.55. The van der Waals surface area contributed by atoms with Crippen LogP contribution < -0.4 is 10.6 Å². The van der Waals surface area contributed by atoms with Gasteiger partial charge in [-0.2, -0.15) is 0 Å². The molecule has 0 saturated carbocycles. The maximum atomic E-state index is 13.0. The van der Waals surface area contributed by atoms with E-state index < -0.39 is 24.0 Å². The molecule has 2 aromatic carbocycles. The van der Waals surface area contributed by atoms with E-state index in [0.29, 0.717) is 10.7 Å². The van der Waals surface area contributed by atoms with Gasteiger partial charge in [0.2, 0.25) is 17.6 Å². The van der Waals surface area contributed by atoms with Crippen LogP contribution >= 0.6 is 23.2 Å². The van der Waals surface area contributed by atoms with Crippen molar-refractivity contribution >= 4 is 46.5 Å². The Kier molecular flexibility index (Phi) is 6.76. The molecule has 1 heterocycles. The fourth-order valence-corrected chi connectivity index (χ4v) is 3.25. The van der Waals surface area contributed by atoms with Gasteiger partial charge in [0.25, 0.3) is 0 Å². The van der Waals surface area contributed by atoms with E-state index in [2.05, 4.69) is 9.97 Å². The van der Waals surface area contributed by atoms with E-state index in [4.69, 9.17) is 28.9 Å². The van der Waals surface area contributed by atoms with Crippen molar-refractivity contribution < 1.29 is 14.4 Å². The Balaban J connectivity index is 1.92. The number of aromatic nitrogens is 2. The molecule has 0 atom stereocenters. The number of primary amides is 1. The lowest BCUT2D eigenvalue weighted by Gasteiger charge is -2.23. The van der Waals surface area contributed by atoms with Gasteiger partial charge in [0.15, 0.2) is 5.82 Å². The van der Waals surface area contributed by atoms with Crippen molar-refractivity contribution in [2.24, 2.45) is 5.73 Å². The number of nitrogens with zero attached hydrogens (tertiary/aromatic N) is 3. The fraction of sp³-hybridized carbons (Fsp3) is 0.0952. The Morgan fingerprint density at radius 1 is 0.967 bits per heavy atom. The predicted octanol–water partition coefficient (Wildman–Crippen LogP) is 3.69. The highest BCUT2D eigenvalue weighted by Crippen LogP contribution is 2.26. The third-order valence-corrected chi connectivity index (χ3v) is 4.74. The third kappa shape index (κ3) is 5.20. The van der Waals surface area contributed by atoms with Crippen LogP contribution in [0, 0.1) is 0 Å². The van der Waals surface area contributed by atoms with Gasteiger partial charge in [0.1, 0.15) is 0 Å². The lowest BCUT2D eigenvalue weighted by Crippen LogP contribution is -2.32. The SMILES string of the molecule is NC(=O)c1ccc(N(Cc2cccc(Cl)c2)C(=O)CC(=O)c2ncccn2)cc1Cl. The molecule has 0 bridgehead atoms. The maximum absolute atomic E-state index is 13.0. The summed E-state index contributed by atoms with van der Waals surface area (Å²) >= 11 is 12.2. The molecule has 0 radical (unpaired) electrons. The lowest BCUT2D eigenvalue weighted by atomic mass is 10.1. The number of carbonyl (C=O) groups is 3. The summed E-state index contributed by atoms with van der Waals surface area (Å²) in [6, 6.07) is 13.0. The van der Waals surface area contributed by atoms with Crippen LogP contribution in [0.1, 0.15) is 33.0 Å². The van der Waals surface area contributed by atoms with E-state index >= 15 is 0 Å². The highest BCUT2D eigenvalue weighted by molar-refractivity contribution is 6.34. The number of rotatable bonds is 7. The molecule has 0 saturated heterocycles. The van der Waals surface area contributed by atoms with Crippen LogP contribution in [0.3, 0.4) is 0 Å². The highest BCUT2D eigenvalue weighted by Gasteiger charge is 2.23. The van der Waals surface area contributed by atoms with Crippen molar-refractivity contribution in [1.29, 1.82) is 0 Å². The Morgan fingerprint density at radius 2 is 1.70 bits per heavy atom. The summed E-state index contributed by atoms with van der Waals surface area (Å²) in [6.45, 7) is 0.133. The minimum atomic E-state index is -0.685. The van der Waals surface area contributed by atoms with Gasteiger partial charge in [-0.15, -0.1) is 0 Å². The molecule has 152 valence electrons.